The average Bonchev–Trinajstić information content (AvgIpc) is 2.75. The molecule has 2 aromatic carbocycles. The molecule has 1 unspecified atom stereocenters. The van der Waals surface area contributed by atoms with Gasteiger partial charge in [-0.05, 0) is 93.5 Å². The van der Waals surface area contributed by atoms with Crippen LogP contribution >= 0.6 is 0 Å². The summed E-state index contributed by atoms with van der Waals surface area (Å²) in [4.78, 5) is 15.4. The summed E-state index contributed by atoms with van der Waals surface area (Å²) in [5, 5.41) is 12.5. The summed E-state index contributed by atoms with van der Waals surface area (Å²) in [6.45, 7) is 14.6. The lowest BCUT2D eigenvalue weighted by Gasteiger charge is -2.48. The number of anilines is 2. The fraction of sp³-hybridized carbons (Fsp3) is 0.429. The zero-order valence-corrected chi connectivity index (χ0v) is 20.7. The molecule has 0 saturated carbocycles. The van der Waals surface area contributed by atoms with Gasteiger partial charge in [0.25, 0.3) is 5.91 Å². The largest absolute Gasteiger partial charge is 0.494 e. The first-order chi connectivity index (χ1) is 15.7. The van der Waals surface area contributed by atoms with Crippen LogP contribution in [-0.4, -0.2) is 24.6 Å². The van der Waals surface area contributed by atoms with Gasteiger partial charge in [-0.1, -0.05) is 19.9 Å². The number of amides is 1. The number of hydrogen-bond donors (Lipinski definition) is 1. The molecule has 1 heterocycles. The predicted octanol–water partition coefficient (Wildman–Crippen LogP) is 6.44. The normalized spacial score (nSPS) is 17.2. The Labute approximate surface area is 198 Å². The van der Waals surface area contributed by atoms with Gasteiger partial charge in [0.05, 0.1) is 6.61 Å². The lowest BCUT2D eigenvalue weighted by Crippen LogP contribution is -2.48. The Morgan fingerprint density at radius 1 is 1.30 bits per heavy atom. The second kappa shape index (κ2) is 10.1. The van der Waals surface area contributed by atoms with E-state index in [0.29, 0.717) is 24.0 Å². The summed E-state index contributed by atoms with van der Waals surface area (Å²) in [5.41, 5.74) is 5.28. The van der Waals surface area contributed by atoms with Crippen LogP contribution in [0.2, 0.25) is 0 Å². The first-order valence-electron chi connectivity index (χ1n) is 11.8. The Kier molecular flexibility index (Phi) is 7.48. The van der Waals surface area contributed by atoms with Crippen molar-refractivity contribution in [2.75, 3.05) is 23.4 Å². The van der Waals surface area contributed by atoms with Gasteiger partial charge in [0, 0.05) is 29.5 Å². The number of carbonyl (C=O) groups excluding carboxylic acids is 1. The molecule has 1 aliphatic rings. The number of nitriles is 1. The molecule has 2 aromatic rings. The molecule has 3 rings (SSSR count). The number of hydrogen-bond acceptors (Lipinski definition) is 4. The Bertz CT molecular complexity index is 1090. The van der Waals surface area contributed by atoms with Gasteiger partial charge in [0.1, 0.15) is 17.4 Å². The van der Waals surface area contributed by atoms with Crippen molar-refractivity contribution >= 4 is 23.4 Å². The Morgan fingerprint density at radius 2 is 2.06 bits per heavy atom. The maximum Gasteiger partial charge on any atom is 0.266 e. The third-order valence-corrected chi connectivity index (χ3v) is 6.29. The first-order valence-corrected chi connectivity index (χ1v) is 11.8. The predicted molar refractivity (Wildman–Crippen MR) is 136 cm³/mol. The van der Waals surface area contributed by atoms with Crippen molar-refractivity contribution in [3.8, 4) is 11.8 Å². The van der Waals surface area contributed by atoms with E-state index >= 15 is 0 Å². The second-order valence-electron chi connectivity index (χ2n) is 9.42. The van der Waals surface area contributed by atoms with Crippen LogP contribution in [0.25, 0.3) is 6.08 Å². The maximum absolute atomic E-state index is 12.9. The van der Waals surface area contributed by atoms with Crippen LogP contribution in [0.15, 0.2) is 42.0 Å². The van der Waals surface area contributed by atoms with Crippen LogP contribution in [0.5, 0.6) is 5.75 Å². The van der Waals surface area contributed by atoms with Crippen molar-refractivity contribution in [2.24, 2.45) is 0 Å². The minimum absolute atomic E-state index is 0.0778. The van der Waals surface area contributed by atoms with E-state index in [1.807, 2.05) is 26.0 Å². The fourth-order valence-electron chi connectivity index (χ4n) is 4.79. The molecule has 1 atom stereocenters. The SMILES string of the molecule is CCCN1c2cc(C)c(/C=C(\C#N)C(=O)Nc3cccc(OCC)c3)cc2C(C)CC1(C)C. The van der Waals surface area contributed by atoms with Crippen molar-refractivity contribution < 1.29 is 9.53 Å². The Morgan fingerprint density at radius 3 is 2.73 bits per heavy atom. The van der Waals surface area contributed by atoms with Crippen molar-refractivity contribution in [2.45, 2.75) is 65.8 Å². The molecule has 0 bridgehead atoms. The number of fused-ring (bicyclic) bond motifs is 1. The number of aryl methyl sites for hydroxylation is 1. The van der Waals surface area contributed by atoms with E-state index in [-0.39, 0.29) is 11.1 Å². The van der Waals surface area contributed by atoms with E-state index in [1.54, 1.807) is 18.2 Å². The van der Waals surface area contributed by atoms with Crippen LogP contribution in [-0.2, 0) is 4.79 Å². The van der Waals surface area contributed by atoms with E-state index in [4.69, 9.17) is 4.74 Å². The molecule has 0 aliphatic carbocycles. The molecule has 1 amide bonds. The number of carbonyl (C=O) groups is 1. The summed E-state index contributed by atoms with van der Waals surface area (Å²) in [6, 6.07) is 13.6. The molecule has 1 aliphatic heterocycles. The summed E-state index contributed by atoms with van der Waals surface area (Å²) in [7, 11) is 0. The number of benzene rings is 2. The fourth-order valence-corrected chi connectivity index (χ4v) is 4.79. The van der Waals surface area contributed by atoms with Gasteiger partial charge in [0.2, 0.25) is 0 Å². The van der Waals surface area contributed by atoms with Gasteiger partial charge >= 0.3 is 0 Å². The van der Waals surface area contributed by atoms with Crippen LogP contribution in [0.1, 0.15) is 70.1 Å². The lowest BCUT2D eigenvalue weighted by molar-refractivity contribution is -0.112. The van der Waals surface area contributed by atoms with Crippen molar-refractivity contribution in [1.29, 1.82) is 5.26 Å². The Hall–Kier alpha value is -3.26. The topological polar surface area (TPSA) is 65.4 Å². The van der Waals surface area contributed by atoms with Crippen molar-refractivity contribution in [3.05, 3.63) is 58.7 Å². The van der Waals surface area contributed by atoms with E-state index in [1.165, 1.54) is 11.3 Å². The molecular weight excluding hydrogens is 410 g/mol. The van der Waals surface area contributed by atoms with Crippen LogP contribution in [0, 0.1) is 18.3 Å². The quantitative estimate of drug-likeness (QED) is 0.393. The number of ether oxygens (including phenoxy) is 1. The molecule has 5 nitrogen and oxygen atoms in total. The Balaban J connectivity index is 1.93. The van der Waals surface area contributed by atoms with Gasteiger partial charge in [-0.2, -0.15) is 5.26 Å². The minimum atomic E-state index is -0.426. The number of nitrogens with zero attached hydrogens (tertiary/aromatic N) is 2. The smallest absolute Gasteiger partial charge is 0.266 e. The van der Waals surface area contributed by atoms with Crippen molar-refractivity contribution in [1.82, 2.24) is 0 Å². The van der Waals surface area contributed by atoms with Gasteiger partial charge in [-0.25, -0.2) is 0 Å². The van der Waals surface area contributed by atoms with E-state index in [0.717, 1.165) is 30.5 Å². The summed E-state index contributed by atoms with van der Waals surface area (Å²) in [5.74, 6) is 0.651. The highest BCUT2D eigenvalue weighted by Crippen LogP contribution is 2.44. The second-order valence-corrected chi connectivity index (χ2v) is 9.42. The molecular formula is C28H35N3O2. The minimum Gasteiger partial charge on any atom is -0.494 e. The maximum atomic E-state index is 12.9. The van der Waals surface area contributed by atoms with E-state index in [9.17, 15) is 10.1 Å². The molecule has 174 valence electrons. The standard InChI is InChI=1S/C28H35N3O2/c1-7-12-31-26-13-19(3)21(15-25(26)20(4)17-28(31,5)6)14-22(18-29)27(32)30-23-10-9-11-24(16-23)33-8-2/h9-11,13-16,20H,7-8,12,17H2,1-6H3,(H,30,32)/b22-14+. The van der Waals surface area contributed by atoms with Gasteiger partial charge < -0.3 is 15.0 Å². The molecule has 0 spiro atoms. The first kappa shape index (κ1) is 24.4. The summed E-state index contributed by atoms with van der Waals surface area (Å²) < 4.78 is 5.49. The van der Waals surface area contributed by atoms with Gasteiger partial charge in [0.15, 0.2) is 0 Å². The molecule has 33 heavy (non-hydrogen) atoms. The number of nitrogens with one attached hydrogen (secondary N) is 1. The average molecular weight is 446 g/mol. The molecule has 1 N–H and O–H groups in total. The summed E-state index contributed by atoms with van der Waals surface area (Å²) >= 11 is 0. The monoisotopic (exact) mass is 445 g/mol. The number of rotatable bonds is 7. The third-order valence-electron chi connectivity index (χ3n) is 6.29. The molecule has 0 radical (unpaired) electrons. The molecule has 0 fully saturated rings. The molecule has 5 heteroatoms. The molecule has 0 aromatic heterocycles. The van der Waals surface area contributed by atoms with Crippen LogP contribution in [0.3, 0.4) is 0 Å². The highest BCUT2D eigenvalue weighted by Gasteiger charge is 2.36. The zero-order valence-electron chi connectivity index (χ0n) is 20.7. The lowest BCUT2D eigenvalue weighted by atomic mass is 9.78. The van der Waals surface area contributed by atoms with Gasteiger partial charge in [-0.3, -0.25) is 4.79 Å². The highest BCUT2D eigenvalue weighted by atomic mass is 16.5. The van der Waals surface area contributed by atoms with E-state index < -0.39 is 5.91 Å². The molecule has 0 saturated heterocycles. The van der Waals surface area contributed by atoms with Crippen LogP contribution in [0.4, 0.5) is 11.4 Å². The van der Waals surface area contributed by atoms with E-state index in [2.05, 4.69) is 56.1 Å². The van der Waals surface area contributed by atoms with Gasteiger partial charge in [-0.15, -0.1) is 0 Å². The van der Waals surface area contributed by atoms with Crippen LogP contribution < -0.4 is 15.0 Å². The summed E-state index contributed by atoms with van der Waals surface area (Å²) in [6.07, 6.45) is 3.85. The highest BCUT2D eigenvalue weighted by molar-refractivity contribution is 6.09. The van der Waals surface area contributed by atoms with Crippen molar-refractivity contribution in [3.63, 3.8) is 0 Å². The third kappa shape index (κ3) is 5.39. The zero-order chi connectivity index (χ0) is 24.2.